The first-order valence-electron chi connectivity index (χ1n) is 14.1. The third kappa shape index (κ3) is 6.44. The molecular formula is C31H40N4O4. The second-order valence-electron chi connectivity index (χ2n) is 9.77. The van der Waals surface area contributed by atoms with Gasteiger partial charge in [0.05, 0.1) is 25.2 Å². The van der Waals surface area contributed by atoms with Crippen LogP contribution in [0.2, 0.25) is 0 Å². The van der Waals surface area contributed by atoms with Crippen molar-refractivity contribution in [3.05, 3.63) is 64.7 Å². The summed E-state index contributed by atoms with van der Waals surface area (Å²) in [5, 5.41) is 3.23. The molecule has 4 heterocycles. The van der Waals surface area contributed by atoms with E-state index >= 15 is 0 Å². The van der Waals surface area contributed by atoms with Gasteiger partial charge in [0.15, 0.2) is 5.96 Å². The number of carbonyl (C=O) groups excluding carboxylic acids is 2. The maximum atomic E-state index is 13.5. The van der Waals surface area contributed by atoms with Crippen molar-refractivity contribution in [1.29, 1.82) is 0 Å². The number of carbonyl (C=O) groups is 2. The van der Waals surface area contributed by atoms with Crippen molar-refractivity contribution in [2.75, 3.05) is 6.61 Å². The van der Waals surface area contributed by atoms with Gasteiger partial charge in [0.25, 0.3) is 5.91 Å². The molecule has 4 aliphatic rings. The SMILES string of the molecule is CC.CCOc1ccc2cc1CN1C(=O)CC(CC/C=C/c3ccc4c(c3)C(CC(CC)O4)NC2=O)N=C1N. The Bertz CT molecular complexity index is 1260. The number of nitrogens with zero attached hydrogens (tertiary/aromatic N) is 2. The second-order valence-corrected chi connectivity index (χ2v) is 9.77. The van der Waals surface area contributed by atoms with E-state index in [1.165, 1.54) is 4.90 Å². The lowest BCUT2D eigenvalue weighted by Gasteiger charge is -2.33. The van der Waals surface area contributed by atoms with Gasteiger partial charge in [-0.05, 0) is 62.1 Å². The summed E-state index contributed by atoms with van der Waals surface area (Å²) in [5.74, 6) is 1.37. The lowest BCUT2D eigenvalue weighted by atomic mass is 9.93. The van der Waals surface area contributed by atoms with Crippen molar-refractivity contribution in [1.82, 2.24) is 10.2 Å². The molecule has 2 aromatic carbocycles. The topological polar surface area (TPSA) is 106 Å². The van der Waals surface area contributed by atoms with Crippen molar-refractivity contribution in [3.63, 3.8) is 0 Å². The zero-order valence-electron chi connectivity index (χ0n) is 23.4. The van der Waals surface area contributed by atoms with E-state index in [1.54, 1.807) is 18.2 Å². The fraction of sp³-hybridized carbons (Fsp3) is 0.452. The van der Waals surface area contributed by atoms with Gasteiger partial charge in [-0.25, -0.2) is 4.99 Å². The van der Waals surface area contributed by atoms with E-state index in [-0.39, 0.29) is 42.5 Å². The number of aliphatic imine (C=N–C) groups is 1. The van der Waals surface area contributed by atoms with Gasteiger partial charge in [-0.1, -0.05) is 39.0 Å². The van der Waals surface area contributed by atoms with E-state index in [0.717, 1.165) is 36.1 Å². The number of amides is 2. The zero-order chi connectivity index (χ0) is 27.9. The van der Waals surface area contributed by atoms with Crippen molar-refractivity contribution in [2.45, 2.75) is 84.5 Å². The average Bonchev–Trinajstić information content (AvgIpc) is 2.94. The molecule has 0 radical (unpaired) electrons. The first-order chi connectivity index (χ1) is 18.9. The van der Waals surface area contributed by atoms with Crippen LogP contribution in [-0.4, -0.2) is 41.4 Å². The van der Waals surface area contributed by atoms with Crippen molar-refractivity contribution >= 4 is 23.8 Å². The third-order valence-corrected chi connectivity index (χ3v) is 7.19. The lowest BCUT2D eigenvalue weighted by molar-refractivity contribution is -0.128. The van der Waals surface area contributed by atoms with Gasteiger partial charge in [-0.3, -0.25) is 14.5 Å². The summed E-state index contributed by atoms with van der Waals surface area (Å²) in [6, 6.07) is 11.1. The number of fused-ring (bicyclic) bond motifs is 4. The molecule has 2 aromatic rings. The van der Waals surface area contributed by atoms with E-state index in [2.05, 4.69) is 35.5 Å². The highest BCUT2D eigenvalue weighted by Crippen LogP contribution is 2.37. The minimum atomic E-state index is -0.189. The molecule has 6 bridgehead atoms. The van der Waals surface area contributed by atoms with E-state index in [9.17, 15) is 9.59 Å². The van der Waals surface area contributed by atoms with Gasteiger partial charge in [-0.2, -0.15) is 0 Å². The molecule has 8 heteroatoms. The maximum absolute atomic E-state index is 13.5. The van der Waals surface area contributed by atoms with Gasteiger partial charge in [0, 0.05) is 29.5 Å². The standard InChI is InChI=1S/C29H34N4O4.C2H6/c1-3-22-16-24-23-13-18(9-11-26(23)37-22)7-5-6-8-21-15-27(34)33(29(30)31-21)17-20-14-19(28(35)32-24)10-12-25(20)36-4-2;1-2/h5,7,9-14,21-22,24H,3-4,6,8,15-17H2,1-2H3,(H2,30,31)(H,32,35);1-2H3/b7-5+;. The maximum Gasteiger partial charge on any atom is 0.251 e. The molecule has 208 valence electrons. The molecular weight excluding hydrogens is 492 g/mol. The Hall–Kier alpha value is -3.81. The molecule has 6 rings (SSSR count). The lowest BCUT2D eigenvalue weighted by Crippen LogP contribution is -2.46. The van der Waals surface area contributed by atoms with Crippen LogP contribution in [0.15, 0.2) is 47.5 Å². The molecule has 0 spiro atoms. The number of guanidine groups is 1. The highest BCUT2D eigenvalue weighted by Gasteiger charge is 2.31. The van der Waals surface area contributed by atoms with Crippen LogP contribution < -0.4 is 20.5 Å². The molecule has 0 aromatic heterocycles. The number of ether oxygens (including phenoxy) is 2. The third-order valence-electron chi connectivity index (χ3n) is 7.19. The highest BCUT2D eigenvalue weighted by atomic mass is 16.5. The van der Waals surface area contributed by atoms with Crippen molar-refractivity contribution in [3.8, 4) is 11.5 Å². The minimum absolute atomic E-state index is 0.0320. The van der Waals surface area contributed by atoms with E-state index in [1.807, 2.05) is 32.9 Å². The predicted octanol–water partition coefficient (Wildman–Crippen LogP) is 5.37. The summed E-state index contributed by atoms with van der Waals surface area (Å²) >= 11 is 0. The Labute approximate surface area is 231 Å². The van der Waals surface area contributed by atoms with E-state index in [0.29, 0.717) is 36.3 Å². The minimum Gasteiger partial charge on any atom is -0.494 e. The second kappa shape index (κ2) is 12.8. The van der Waals surface area contributed by atoms with Crippen molar-refractivity contribution in [2.24, 2.45) is 10.7 Å². The van der Waals surface area contributed by atoms with Gasteiger partial charge in [0.1, 0.15) is 17.6 Å². The summed E-state index contributed by atoms with van der Waals surface area (Å²) in [6.45, 7) is 8.65. The molecule has 3 atom stereocenters. The Kier molecular flexibility index (Phi) is 9.28. The van der Waals surface area contributed by atoms with Crippen LogP contribution >= 0.6 is 0 Å². The monoisotopic (exact) mass is 532 g/mol. The molecule has 0 fully saturated rings. The zero-order valence-corrected chi connectivity index (χ0v) is 23.4. The van der Waals surface area contributed by atoms with Crippen LogP contribution in [0.25, 0.3) is 6.08 Å². The number of benzene rings is 2. The molecule has 0 aliphatic carbocycles. The molecule has 3 unspecified atom stereocenters. The Balaban J connectivity index is 0.00000172. The molecule has 3 N–H and O–H groups in total. The van der Waals surface area contributed by atoms with E-state index in [4.69, 9.17) is 15.2 Å². The smallest absolute Gasteiger partial charge is 0.251 e. The summed E-state index contributed by atoms with van der Waals surface area (Å²) in [4.78, 5) is 32.6. The summed E-state index contributed by atoms with van der Waals surface area (Å²) < 4.78 is 12.0. The van der Waals surface area contributed by atoms with Crippen LogP contribution in [0.4, 0.5) is 0 Å². The van der Waals surface area contributed by atoms with Crippen LogP contribution in [0.3, 0.4) is 0 Å². The first-order valence-corrected chi connectivity index (χ1v) is 14.1. The van der Waals surface area contributed by atoms with Gasteiger partial charge in [-0.15, -0.1) is 0 Å². The van der Waals surface area contributed by atoms with Crippen LogP contribution in [0.5, 0.6) is 11.5 Å². The number of hydrogen-bond acceptors (Lipinski definition) is 6. The van der Waals surface area contributed by atoms with Crippen LogP contribution in [0.1, 0.15) is 92.9 Å². The first kappa shape index (κ1) is 28.2. The average molecular weight is 533 g/mol. The van der Waals surface area contributed by atoms with Crippen LogP contribution in [0, 0.1) is 0 Å². The van der Waals surface area contributed by atoms with E-state index < -0.39 is 0 Å². The van der Waals surface area contributed by atoms with Crippen molar-refractivity contribution < 1.29 is 19.1 Å². The molecule has 0 saturated carbocycles. The normalized spacial score (nSPS) is 23.2. The largest absolute Gasteiger partial charge is 0.494 e. The van der Waals surface area contributed by atoms with Crippen LogP contribution in [-0.2, 0) is 11.3 Å². The molecule has 8 nitrogen and oxygen atoms in total. The Morgan fingerprint density at radius 2 is 1.97 bits per heavy atom. The molecule has 0 saturated heterocycles. The quantitative estimate of drug-likeness (QED) is 0.553. The number of hydrogen-bond donors (Lipinski definition) is 2. The Morgan fingerprint density at radius 1 is 1.15 bits per heavy atom. The Morgan fingerprint density at radius 3 is 2.72 bits per heavy atom. The van der Waals surface area contributed by atoms with Gasteiger partial charge < -0.3 is 20.5 Å². The summed E-state index contributed by atoms with van der Waals surface area (Å²) in [6.07, 6.45) is 7.56. The fourth-order valence-electron chi connectivity index (χ4n) is 5.19. The number of nitrogens with two attached hydrogens (primary N) is 1. The fourth-order valence-corrected chi connectivity index (χ4v) is 5.19. The summed E-state index contributed by atoms with van der Waals surface area (Å²) in [5.41, 5.74) is 9.48. The number of rotatable bonds is 3. The number of nitrogens with one attached hydrogen (secondary N) is 1. The van der Waals surface area contributed by atoms with Gasteiger partial charge in [0.2, 0.25) is 5.91 Å². The molecule has 4 aliphatic heterocycles. The summed E-state index contributed by atoms with van der Waals surface area (Å²) in [7, 11) is 0. The molecule has 2 amide bonds. The van der Waals surface area contributed by atoms with Gasteiger partial charge >= 0.3 is 0 Å². The molecule has 39 heavy (non-hydrogen) atoms. The predicted molar refractivity (Wildman–Crippen MR) is 154 cm³/mol. The highest BCUT2D eigenvalue weighted by molar-refractivity contribution is 5.99. The number of allylic oxidation sites excluding steroid dienone is 1.